The van der Waals surface area contributed by atoms with Gasteiger partial charge in [0.05, 0.1) is 24.6 Å². The third-order valence-corrected chi connectivity index (χ3v) is 8.82. The van der Waals surface area contributed by atoms with Crippen molar-refractivity contribution in [3.05, 3.63) is 71.8 Å². The fourth-order valence-electron chi connectivity index (χ4n) is 2.67. The van der Waals surface area contributed by atoms with Crippen molar-refractivity contribution in [1.29, 1.82) is 0 Å². The number of rotatable bonds is 6. The Hall–Kier alpha value is -1.13. The standard InChI is InChI=1S/C18H24P/c1-3-19(4-2,15-17-11-7-5-8-12-17)16-18-13-9-6-10-14-18/h5-14H,3-4,15-16H2,1-2H3/q+1. The highest BCUT2D eigenvalue weighted by Crippen LogP contribution is 2.63. The average molecular weight is 271 g/mol. The SMILES string of the molecule is CC[P+](CC)(Cc1ccccc1)Cc1ccccc1. The molecule has 1 heteroatoms. The number of hydrogen-bond acceptors (Lipinski definition) is 0. The molecule has 19 heavy (non-hydrogen) atoms. The van der Waals surface area contributed by atoms with Crippen LogP contribution in [-0.4, -0.2) is 12.3 Å². The first-order chi connectivity index (χ1) is 9.28. The van der Waals surface area contributed by atoms with E-state index in [1.807, 2.05) is 0 Å². The predicted molar refractivity (Wildman–Crippen MR) is 88.3 cm³/mol. The first-order valence-corrected chi connectivity index (χ1v) is 9.74. The third kappa shape index (κ3) is 3.91. The average Bonchev–Trinajstić information content (AvgIpc) is 2.48. The second-order valence-corrected chi connectivity index (χ2v) is 9.84. The van der Waals surface area contributed by atoms with Crippen molar-refractivity contribution >= 4 is 7.26 Å². The van der Waals surface area contributed by atoms with Crippen LogP contribution in [0.1, 0.15) is 25.0 Å². The molecule has 0 saturated carbocycles. The molecular weight excluding hydrogens is 247 g/mol. The lowest BCUT2D eigenvalue weighted by Crippen LogP contribution is -2.06. The highest BCUT2D eigenvalue weighted by Gasteiger charge is 2.33. The number of benzene rings is 2. The van der Waals surface area contributed by atoms with Gasteiger partial charge in [0.15, 0.2) is 0 Å². The molecule has 0 unspecified atom stereocenters. The minimum absolute atomic E-state index is 0.902. The Morgan fingerprint density at radius 2 is 1.00 bits per heavy atom. The van der Waals surface area contributed by atoms with Crippen LogP contribution in [0.25, 0.3) is 0 Å². The van der Waals surface area contributed by atoms with Crippen LogP contribution in [0.3, 0.4) is 0 Å². The fraction of sp³-hybridized carbons (Fsp3) is 0.333. The maximum absolute atomic E-state index is 2.38. The predicted octanol–water partition coefficient (Wildman–Crippen LogP) is 5.44. The van der Waals surface area contributed by atoms with Gasteiger partial charge >= 0.3 is 0 Å². The van der Waals surface area contributed by atoms with Crippen LogP contribution in [0, 0.1) is 0 Å². The topological polar surface area (TPSA) is 0 Å². The molecule has 0 bridgehead atoms. The summed E-state index contributed by atoms with van der Waals surface area (Å²) in [5, 5.41) is 0. The van der Waals surface area contributed by atoms with E-state index in [9.17, 15) is 0 Å². The van der Waals surface area contributed by atoms with Crippen molar-refractivity contribution in [1.82, 2.24) is 0 Å². The van der Waals surface area contributed by atoms with Gasteiger partial charge in [0.1, 0.15) is 0 Å². The molecule has 2 rings (SSSR count). The lowest BCUT2D eigenvalue weighted by Gasteiger charge is -2.25. The van der Waals surface area contributed by atoms with Gasteiger partial charge in [0.2, 0.25) is 0 Å². The highest BCUT2D eigenvalue weighted by molar-refractivity contribution is 7.74. The van der Waals surface area contributed by atoms with Crippen LogP contribution in [0.2, 0.25) is 0 Å². The Labute approximate surface area is 118 Å². The van der Waals surface area contributed by atoms with E-state index in [0.29, 0.717) is 0 Å². The summed E-state index contributed by atoms with van der Waals surface area (Å²) in [6.07, 6.45) is 5.26. The lowest BCUT2D eigenvalue weighted by molar-refractivity contribution is 1.20. The monoisotopic (exact) mass is 271 g/mol. The van der Waals surface area contributed by atoms with Gasteiger partial charge in [0.25, 0.3) is 0 Å². The summed E-state index contributed by atoms with van der Waals surface area (Å²) in [4.78, 5) is 0. The molecule has 0 spiro atoms. The largest absolute Gasteiger partial charge is 0.0846 e. The van der Waals surface area contributed by atoms with Gasteiger partial charge in [-0.3, -0.25) is 0 Å². The molecule has 0 heterocycles. The Morgan fingerprint density at radius 1 is 0.632 bits per heavy atom. The summed E-state index contributed by atoms with van der Waals surface area (Å²) in [7, 11) is -0.902. The minimum atomic E-state index is -0.902. The molecule has 0 nitrogen and oxygen atoms in total. The molecular formula is C18H24P+. The summed E-state index contributed by atoms with van der Waals surface area (Å²) < 4.78 is 0. The Balaban J connectivity index is 2.18. The van der Waals surface area contributed by atoms with Crippen molar-refractivity contribution in [2.24, 2.45) is 0 Å². The summed E-state index contributed by atoms with van der Waals surface area (Å²) in [5.74, 6) is 0. The smallest absolute Gasteiger partial charge is 0.0622 e. The number of hydrogen-bond donors (Lipinski definition) is 0. The van der Waals surface area contributed by atoms with Crippen molar-refractivity contribution in [2.45, 2.75) is 26.2 Å². The molecule has 0 N–H and O–H groups in total. The summed E-state index contributed by atoms with van der Waals surface area (Å²) in [6, 6.07) is 22.0. The zero-order chi connectivity index (χ0) is 13.6. The van der Waals surface area contributed by atoms with Crippen LogP contribution in [0.5, 0.6) is 0 Å². The quantitative estimate of drug-likeness (QED) is 0.613. The van der Waals surface area contributed by atoms with E-state index >= 15 is 0 Å². The summed E-state index contributed by atoms with van der Waals surface area (Å²) >= 11 is 0. The van der Waals surface area contributed by atoms with Crippen molar-refractivity contribution < 1.29 is 0 Å². The van der Waals surface area contributed by atoms with E-state index in [2.05, 4.69) is 74.5 Å². The van der Waals surface area contributed by atoms with Crippen molar-refractivity contribution in [3.8, 4) is 0 Å². The van der Waals surface area contributed by atoms with E-state index in [0.717, 1.165) is 0 Å². The molecule has 0 aliphatic rings. The Bertz CT molecular complexity index is 428. The van der Waals surface area contributed by atoms with Crippen LogP contribution in [-0.2, 0) is 12.3 Å². The maximum atomic E-state index is 2.38. The van der Waals surface area contributed by atoms with Crippen LogP contribution >= 0.6 is 7.26 Å². The van der Waals surface area contributed by atoms with Gasteiger partial charge in [-0.15, -0.1) is 0 Å². The maximum Gasteiger partial charge on any atom is 0.0846 e. The molecule has 100 valence electrons. The lowest BCUT2D eigenvalue weighted by atomic mass is 10.2. The van der Waals surface area contributed by atoms with Gasteiger partial charge in [-0.25, -0.2) is 0 Å². The highest BCUT2D eigenvalue weighted by atomic mass is 31.2. The van der Waals surface area contributed by atoms with Gasteiger partial charge < -0.3 is 0 Å². The molecule has 0 aromatic heterocycles. The van der Waals surface area contributed by atoms with Gasteiger partial charge in [-0.2, -0.15) is 0 Å². The summed E-state index contributed by atoms with van der Waals surface area (Å²) in [5.41, 5.74) is 3.02. The van der Waals surface area contributed by atoms with Gasteiger partial charge in [-0.05, 0) is 25.0 Å². The summed E-state index contributed by atoms with van der Waals surface area (Å²) in [6.45, 7) is 4.76. The molecule has 0 fully saturated rings. The fourth-order valence-corrected chi connectivity index (χ4v) is 6.09. The molecule has 0 aliphatic heterocycles. The molecule has 2 aromatic rings. The Kier molecular flexibility index (Phi) is 5.16. The second-order valence-electron chi connectivity index (χ2n) is 5.26. The normalized spacial score (nSPS) is 11.5. The molecule has 0 radical (unpaired) electrons. The molecule has 0 amide bonds. The van der Waals surface area contributed by atoms with Crippen LogP contribution in [0.4, 0.5) is 0 Å². The van der Waals surface area contributed by atoms with E-state index in [4.69, 9.17) is 0 Å². The van der Waals surface area contributed by atoms with E-state index < -0.39 is 7.26 Å². The molecule has 0 saturated heterocycles. The van der Waals surface area contributed by atoms with E-state index in [1.54, 1.807) is 0 Å². The van der Waals surface area contributed by atoms with Gasteiger partial charge in [-0.1, -0.05) is 60.7 Å². The van der Waals surface area contributed by atoms with Crippen LogP contribution in [0.15, 0.2) is 60.7 Å². The first kappa shape index (κ1) is 14.3. The molecule has 2 aromatic carbocycles. The second kappa shape index (κ2) is 6.87. The Morgan fingerprint density at radius 3 is 1.32 bits per heavy atom. The van der Waals surface area contributed by atoms with Crippen molar-refractivity contribution in [3.63, 3.8) is 0 Å². The van der Waals surface area contributed by atoms with Crippen LogP contribution < -0.4 is 0 Å². The zero-order valence-electron chi connectivity index (χ0n) is 12.0. The van der Waals surface area contributed by atoms with E-state index in [1.165, 1.54) is 35.8 Å². The molecule has 0 atom stereocenters. The minimum Gasteiger partial charge on any atom is -0.0622 e. The third-order valence-electron chi connectivity index (χ3n) is 4.06. The van der Waals surface area contributed by atoms with Crippen molar-refractivity contribution in [2.75, 3.05) is 12.3 Å². The molecule has 0 aliphatic carbocycles. The zero-order valence-corrected chi connectivity index (χ0v) is 12.9. The van der Waals surface area contributed by atoms with E-state index in [-0.39, 0.29) is 0 Å². The first-order valence-electron chi connectivity index (χ1n) is 7.21. The van der Waals surface area contributed by atoms with Gasteiger partial charge in [0, 0.05) is 7.26 Å².